The molecule has 2 bridgehead atoms. The summed E-state index contributed by atoms with van der Waals surface area (Å²) in [6, 6.07) is 12.9. The van der Waals surface area contributed by atoms with E-state index in [1.165, 1.54) is 6.42 Å². The summed E-state index contributed by atoms with van der Waals surface area (Å²) in [6.45, 7) is 4.78. The Labute approximate surface area is 186 Å². The topological polar surface area (TPSA) is 97.0 Å². The van der Waals surface area contributed by atoms with Gasteiger partial charge in [-0.3, -0.25) is 14.9 Å². The second kappa shape index (κ2) is 7.49. The van der Waals surface area contributed by atoms with Crippen molar-refractivity contribution in [3.05, 3.63) is 66.4 Å². The Morgan fingerprint density at radius 1 is 0.938 bits per heavy atom. The summed E-state index contributed by atoms with van der Waals surface area (Å²) in [5, 5.41) is 0.870. The van der Waals surface area contributed by atoms with Crippen molar-refractivity contribution in [2.75, 3.05) is 23.7 Å². The summed E-state index contributed by atoms with van der Waals surface area (Å²) in [6.07, 6.45) is 6.81. The van der Waals surface area contributed by atoms with E-state index in [0.29, 0.717) is 23.7 Å². The minimum absolute atomic E-state index is 0.490. The van der Waals surface area contributed by atoms with E-state index in [1.54, 1.807) is 0 Å². The molecule has 0 amide bonds. The summed E-state index contributed by atoms with van der Waals surface area (Å²) in [7, 11) is 0. The minimum Gasteiger partial charge on any atom is -0.383 e. The van der Waals surface area contributed by atoms with Crippen LogP contribution in [0.2, 0.25) is 0 Å². The van der Waals surface area contributed by atoms with E-state index in [0.717, 1.165) is 53.3 Å². The highest BCUT2D eigenvalue weighted by molar-refractivity contribution is 5.89. The number of hydrogen-bond acceptors (Lipinski definition) is 8. The predicted octanol–water partition coefficient (Wildman–Crippen LogP) is 2.84. The van der Waals surface area contributed by atoms with Crippen LogP contribution in [0.4, 0.5) is 11.6 Å². The number of pyridine rings is 1. The van der Waals surface area contributed by atoms with Gasteiger partial charge in [-0.15, -0.1) is 0 Å². The summed E-state index contributed by atoms with van der Waals surface area (Å²) in [5.41, 5.74) is 9.85. The molecule has 4 aromatic rings. The number of para-hydroxylation sites is 1. The number of nitrogens with two attached hydrogens (primary N) is 1. The molecule has 7 rings (SSSR count). The van der Waals surface area contributed by atoms with Crippen molar-refractivity contribution >= 4 is 22.5 Å². The Morgan fingerprint density at radius 3 is 2.53 bits per heavy atom. The average molecular weight is 425 g/mol. The highest BCUT2D eigenvalue weighted by Crippen LogP contribution is 2.35. The van der Waals surface area contributed by atoms with E-state index in [-0.39, 0.29) is 0 Å². The van der Waals surface area contributed by atoms with Gasteiger partial charge < -0.3 is 10.6 Å². The van der Waals surface area contributed by atoms with Crippen LogP contribution < -0.4 is 10.6 Å². The zero-order valence-electron chi connectivity index (χ0n) is 17.9. The van der Waals surface area contributed by atoms with Crippen LogP contribution in [0.5, 0.6) is 0 Å². The largest absolute Gasteiger partial charge is 0.383 e. The molecule has 3 saturated heterocycles. The third kappa shape index (κ3) is 3.33. The molecule has 2 atom stereocenters. The summed E-state index contributed by atoms with van der Waals surface area (Å²) >= 11 is 0. The Kier molecular flexibility index (Phi) is 4.46. The first-order valence-corrected chi connectivity index (χ1v) is 10.9. The number of rotatable bonds is 4. The minimum atomic E-state index is 0.490. The number of nitrogen functional groups attached to an aromatic ring is 1. The first-order valence-electron chi connectivity index (χ1n) is 10.9. The van der Waals surface area contributed by atoms with E-state index >= 15 is 0 Å². The fourth-order valence-corrected chi connectivity index (χ4v) is 4.76. The van der Waals surface area contributed by atoms with Crippen LogP contribution in [0.15, 0.2) is 55.0 Å². The zero-order valence-corrected chi connectivity index (χ0v) is 17.9. The number of aryl methyl sites for hydroxylation is 1. The number of anilines is 2. The third-order valence-electron chi connectivity index (χ3n) is 6.49. The molecule has 160 valence electrons. The van der Waals surface area contributed by atoms with Crippen molar-refractivity contribution < 1.29 is 0 Å². The highest BCUT2D eigenvalue weighted by atomic mass is 15.4. The van der Waals surface area contributed by atoms with Gasteiger partial charge in [-0.25, -0.2) is 15.0 Å². The molecule has 2 unspecified atom stereocenters. The van der Waals surface area contributed by atoms with E-state index < -0.39 is 0 Å². The van der Waals surface area contributed by atoms with Crippen LogP contribution in [0.1, 0.15) is 17.8 Å². The Morgan fingerprint density at radius 2 is 1.78 bits per heavy atom. The molecule has 6 heterocycles. The van der Waals surface area contributed by atoms with Gasteiger partial charge in [-0.1, -0.05) is 12.1 Å². The van der Waals surface area contributed by atoms with Gasteiger partial charge in [0.15, 0.2) is 5.82 Å². The monoisotopic (exact) mass is 424 g/mol. The SMILES string of the molecule is Cc1cnc(CN2C3CC2CN(c2ccc(-c4nc(N)c5ccccc5n4)cn2)C3)cn1. The summed E-state index contributed by atoms with van der Waals surface area (Å²) < 4.78 is 0. The molecule has 0 spiro atoms. The Balaban J connectivity index is 1.16. The van der Waals surface area contributed by atoms with Gasteiger partial charge in [0.2, 0.25) is 0 Å². The molecule has 3 aromatic heterocycles. The van der Waals surface area contributed by atoms with Gasteiger partial charge in [0.1, 0.15) is 11.6 Å². The predicted molar refractivity (Wildman–Crippen MR) is 124 cm³/mol. The van der Waals surface area contributed by atoms with Gasteiger partial charge >= 0.3 is 0 Å². The number of hydrogen-bond donors (Lipinski definition) is 1. The molecule has 8 nitrogen and oxygen atoms in total. The molecule has 2 N–H and O–H groups in total. The van der Waals surface area contributed by atoms with Crippen molar-refractivity contribution in [1.29, 1.82) is 0 Å². The van der Waals surface area contributed by atoms with Crippen LogP contribution >= 0.6 is 0 Å². The lowest BCUT2D eigenvalue weighted by Crippen LogP contribution is -2.68. The van der Waals surface area contributed by atoms with Gasteiger partial charge in [-0.05, 0) is 37.6 Å². The second-order valence-corrected chi connectivity index (χ2v) is 8.62. The summed E-state index contributed by atoms with van der Waals surface area (Å²) in [5.74, 6) is 2.09. The van der Waals surface area contributed by atoms with Crippen LogP contribution in [0.25, 0.3) is 22.3 Å². The standard InChI is InChI=1S/C24H24N8/c1-15-9-27-17(11-26-15)12-32-18-8-19(32)14-31(13-18)22-7-6-16(10-28-22)24-29-21-5-3-2-4-20(21)23(25)30-24/h2-7,9-11,18-19H,8,12-14H2,1H3,(H2,25,29,30). The molecule has 0 radical (unpaired) electrons. The number of piperazine rings is 1. The average Bonchev–Trinajstić information content (AvgIpc) is 2.84. The van der Waals surface area contributed by atoms with Crippen LogP contribution in [-0.4, -0.2) is 55.0 Å². The number of piperidine rings is 1. The van der Waals surface area contributed by atoms with Crippen molar-refractivity contribution in [2.45, 2.75) is 32.0 Å². The van der Waals surface area contributed by atoms with Crippen LogP contribution in [-0.2, 0) is 6.54 Å². The van der Waals surface area contributed by atoms with E-state index in [1.807, 2.05) is 55.8 Å². The highest BCUT2D eigenvalue weighted by Gasteiger charge is 2.44. The van der Waals surface area contributed by atoms with E-state index in [2.05, 4.69) is 35.8 Å². The van der Waals surface area contributed by atoms with E-state index in [9.17, 15) is 0 Å². The molecule has 0 saturated carbocycles. The molecule has 32 heavy (non-hydrogen) atoms. The Bertz CT molecular complexity index is 1260. The van der Waals surface area contributed by atoms with Gasteiger partial charge in [0, 0.05) is 61.3 Å². The molecule has 3 fully saturated rings. The quantitative estimate of drug-likeness (QED) is 0.534. The molecule has 3 aliphatic heterocycles. The normalized spacial score (nSPS) is 20.3. The maximum absolute atomic E-state index is 6.14. The lowest BCUT2D eigenvalue weighted by Gasteiger charge is -2.56. The number of benzene rings is 1. The molecular weight excluding hydrogens is 400 g/mol. The van der Waals surface area contributed by atoms with Gasteiger partial charge in [-0.2, -0.15) is 0 Å². The van der Waals surface area contributed by atoms with E-state index in [4.69, 9.17) is 10.7 Å². The van der Waals surface area contributed by atoms with Crippen LogP contribution in [0.3, 0.4) is 0 Å². The van der Waals surface area contributed by atoms with Crippen molar-refractivity contribution in [2.24, 2.45) is 0 Å². The summed E-state index contributed by atoms with van der Waals surface area (Å²) in [4.78, 5) is 27.7. The molecule has 0 aliphatic carbocycles. The first kappa shape index (κ1) is 19.1. The fraction of sp³-hybridized carbons (Fsp3) is 0.292. The van der Waals surface area contributed by atoms with Crippen LogP contribution in [0, 0.1) is 6.92 Å². The zero-order chi connectivity index (χ0) is 21.7. The fourth-order valence-electron chi connectivity index (χ4n) is 4.76. The molecule has 8 heteroatoms. The van der Waals surface area contributed by atoms with Crippen molar-refractivity contribution in [3.63, 3.8) is 0 Å². The first-order chi connectivity index (χ1) is 15.6. The van der Waals surface area contributed by atoms with Crippen molar-refractivity contribution in [3.8, 4) is 11.4 Å². The number of fused-ring (bicyclic) bond motifs is 3. The number of nitrogens with zero attached hydrogens (tertiary/aromatic N) is 7. The van der Waals surface area contributed by atoms with Gasteiger partial charge in [0.05, 0.1) is 16.9 Å². The van der Waals surface area contributed by atoms with Crippen molar-refractivity contribution in [1.82, 2.24) is 29.8 Å². The maximum Gasteiger partial charge on any atom is 0.163 e. The number of aromatic nitrogens is 5. The molecule has 1 aromatic carbocycles. The Hall–Kier alpha value is -3.65. The third-order valence-corrected chi connectivity index (χ3v) is 6.49. The lowest BCUT2D eigenvalue weighted by molar-refractivity contribution is -0.00977. The molecular formula is C24H24N8. The van der Waals surface area contributed by atoms with Gasteiger partial charge in [0.25, 0.3) is 0 Å². The second-order valence-electron chi connectivity index (χ2n) is 8.62. The lowest BCUT2D eigenvalue weighted by atomic mass is 9.87. The smallest absolute Gasteiger partial charge is 0.163 e. The molecule has 3 aliphatic rings. The maximum atomic E-state index is 6.14.